The van der Waals surface area contributed by atoms with Gasteiger partial charge in [0.15, 0.2) is 0 Å². The topological polar surface area (TPSA) is 62.3 Å². The van der Waals surface area contributed by atoms with E-state index in [1.807, 2.05) is 12.3 Å². The Balaban J connectivity index is 2.03. The Kier molecular flexibility index (Phi) is 4.70. The number of rotatable bonds is 4. The van der Waals surface area contributed by atoms with Gasteiger partial charge in [0.05, 0.1) is 17.2 Å². The number of aromatic nitrogens is 1. The monoisotopic (exact) mass is 303 g/mol. The smallest absolute Gasteiger partial charge is 0.253 e. The molecule has 0 radical (unpaired) electrons. The molecule has 2 aromatic rings. The second kappa shape index (κ2) is 6.49. The second-order valence-electron chi connectivity index (χ2n) is 4.78. The lowest BCUT2D eigenvalue weighted by Crippen LogP contribution is -2.26. The molecular formula is C15H17N3O2S. The first-order valence-corrected chi connectivity index (χ1v) is 7.38. The van der Waals surface area contributed by atoms with Crippen LogP contribution in [0.15, 0.2) is 29.6 Å². The van der Waals surface area contributed by atoms with Crippen LogP contribution >= 0.6 is 11.3 Å². The molecule has 6 heteroatoms. The van der Waals surface area contributed by atoms with E-state index in [9.17, 15) is 9.59 Å². The summed E-state index contributed by atoms with van der Waals surface area (Å²) in [4.78, 5) is 29.2. The van der Waals surface area contributed by atoms with E-state index >= 15 is 0 Å². The minimum absolute atomic E-state index is 0.0740. The quantitative estimate of drug-likeness (QED) is 0.944. The van der Waals surface area contributed by atoms with Crippen molar-refractivity contribution in [3.8, 4) is 0 Å². The van der Waals surface area contributed by atoms with Crippen molar-refractivity contribution in [1.29, 1.82) is 0 Å². The highest BCUT2D eigenvalue weighted by molar-refractivity contribution is 7.09. The van der Waals surface area contributed by atoms with E-state index in [1.165, 1.54) is 6.92 Å². The lowest BCUT2D eigenvalue weighted by molar-refractivity contribution is -0.114. The van der Waals surface area contributed by atoms with Crippen molar-refractivity contribution in [1.82, 2.24) is 9.88 Å². The number of nitrogens with zero attached hydrogens (tertiary/aromatic N) is 2. The molecule has 0 saturated carbocycles. The zero-order valence-electron chi connectivity index (χ0n) is 12.2. The lowest BCUT2D eigenvalue weighted by atomic mass is 10.2. The van der Waals surface area contributed by atoms with E-state index in [0.29, 0.717) is 17.8 Å². The highest BCUT2D eigenvalue weighted by Crippen LogP contribution is 2.14. The van der Waals surface area contributed by atoms with Crippen LogP contribution < -0.4 is 5.32 Å². The van der Waals surface area contributed by atoms with Crippen molar-refractivity contribution in [2.75, 3.05) is 12.4 Å². The van der Waals surface area contributed by atoms with E-state index in [1.54, 1.807) is 47.5 Å². The first-order chi connectivity index (χ1) is 9.95. The van der Waals surface area contributed by atoms with Gasteiger partial charge in [0.25, 0.3) is 5.91 Å². The van der Waals surface area contributed by atoms with Gasteiger partial charge in [-0.25, -0.2) is 4.98 Å². The summed E-state index contributed by atoms with van der Waals surface area (Å²) in [5, 5.41) is 5.62. The summed E-state index contributed by atoms with van der Waals surface area (Å²) in [5.74, 6) is -0.208. The summed E-state index contributed by atoms with van der Waals surface area (Å²) in [6.45, 7) is 3.87. The van der Waals surface area contributed by atoms with Crippen molar-refractivity contribution < 1.29 is 9.59 Å². The fourth-order valence-corrected chi connectivity index (χ4v) is 2.52. The van der Waals surface area contributed by atoms with Crippen LogP contribution in [-0.4, -0.2) is 28.7 Å². The second-order valence-corrected chi connectivity index (χ2v) is 5.84. The Morgan fingerprint density at radius 3 is 2.48 bits per heavy atom. The maximum Gasteiger partial charge on any atom is 0.253 e. The van der Waals surface area contributed by atoms with Gasteiger partial charge in [-0.15, -0.1) is 11.3 Å². The predicted molar refractivity (Wildman–Crippen MR) is 83.4 cm³/mol. The van der Waals surface area contributed by atoms with Gasteiger partial charge in [-0.1, -0.05) is 0 Å². The highest BCUT2D eigenvalue weighted by Gasteiger charge is 2.13. The van der Waals surface area contributed by atoms with Crippen molar-refractivity contribution in [3.05, 3.63) is 45.9 Å². The molecule has 1 aromatic heterocycles. The maximum absolute atomic E-state index is 12.3. The fourth-order valence-electron chi connectivity index (χ4n) is 1.92. The Morgan fingerprint density at radius 2 is 1.95 bits per heavy atom. The van der Waals surface area contributed by atoms with Crippen LogP contribution in [-0.2, 0) is 11.3 Å². The molecule has 0 bridgehead atoms. The van der Waals surface area contributed by atoms with Crippen molar-refractivity contribution >= 4 is 28.8 Å². The molecule has 1 aromatic carbocycles. The molecule has 1 heterocycles. The third-order valence-corrected chi connectivity index (χ3v) is 3.69. The zero-order chi connectivity index (χ0) is 15.4. The summed E-state index contributed by atoms with van der Waals surface area (Å²) in [5.41, 5.74) is 2.15. The fraction of sp³-hybridized carbons (Fsp3) is 0.267. The molecule has 2 rings (SSSR count). The molecule has 1 N–H and O–H groups in total. The molecule has 0 aliphatic carbocycles. The number of aryl methyl sites for hydroxylation is 1. The Labute approximate surface area is 127 Å². The standard InChI is InChI=1S/C15H17N3O2S/c1-10(19)16-13-6-4-12(5-7-13)15(20)18(3)8-14-9-21-11(2)17-14/h4-7,9H,8H2,1-3H3,(H,16,19). The molecule has 0 aliphatic rings. The van der Waals surface area contributed by atoms with Gasteiger partial charge in [-0.3, -0.25) is 9.59 Å². The summed E-state index contributed by atoms with van der Waals surface area (Å²) in [6, 6.07) is 6.84. The highest BCUT2D eigenvalue weighted by atomic mass is 32.1. The van der Waals surface area contributed by atoms with Gasteiger partial charge in [-0.05, 0) is 31.2 Å². The van der Waals surface area contributed by atoms with Crippen molar-refractivity contribution in [2.24, 2.45) is 0 Å². The summed E-state index contributed by atoms with van der Waals surface area (Å²) in [7, 11) is 1.75. The number of benzene rings is 1. The minimum atomic E-state index is -0.134. The number of anilines is 1. The Hall–Kier alpha value is -2.21. The molecule has 21 heavy (non-hydrogen) atoms. The van der Waals surface area contributed by atoms with Crippen LogP contribution in [0.1, 0.15) is 28.0 Å². The van der Waals surface area contributed by atoms with Crippen molar-refractivity contribution in [2.45, 2.75) is 20.4 Å². The van der Waals surface area contributed by atoms with Crippen LogP contribution in [0.25, 0.3) is 0 Å². The number of carbonyl (C=O) groups excluding carboxylic acids is 2. The summed E-state index contributed by atoms with van der Waals surface area (Å²) >= 11 is 1.57. The molecule has 0 fully saturated rings. The first kappa shape index (κ1) is 15.2. The average Bonchev–Trinajstić information content (AvgIpc) is 2.83. The number of hydrogen-bond donors (Lipinski definition) is 1. The van der Waals surface area contributed by atoms with Crippen LogP contribution in [0.4, 0.5) is 5.69 Å². The molecule has 0 unspecified atom stereocenters. The lowest BCUT2D eigenvalue weighted by Gasteiger charge is -2.16. The molecule has 110 valence electrons. The van der Waals surface area contributed by atoms with E-state index < -0.39 is 0 Å². The number of hydrogen-bond acceptors (Lipinski definition) is 4. The SMILES string of the molecule is CC(=O)Nc1ccc(C(=O)N(C)Cc2csc(C)n2)cc1. The van der Waals surface area contributed by atoms with E-state index in [0.717, 1.165) is 10.7 Å². The third kappa shape index (κ3) is 4.13. The van der Waals surface area contributed by atoms with Gasteiger partial charge < -0.3 is 10.2 Å². The minimum Gasteiger partial charge on any atom is -0.336 e. The largest absolute Gasteiger partial charge is 0.336 e. The summed E-state index contributed by atoms with van der Waals surface area (Å²) < 4.78 is 0. The van der Waals surface area contributed by atoms with Crippen LogP contribution in [0, 0.1) is 6.92 Å². The van der Waals surface area contributed by atoms with Crippen LogP contribution in [0.5, 0.6) is 0 Å². The van der Waals surface area contributed by atoms with Gasteiger partial charge in [0.2, 0.25) is 5.91 Å². The number of thiazole rings is 1. The Morgan fingerprint density at radius 1 is 1.29 bits per heavy atom. The zero-order valence-corrected chi connectivity index (χ0v) is 13.0. The van der Waals surface area contributed by atoms with Crippen molar-refractivity contribution in [3.63, 3.8) is 0 Å². The van der Waals surface area contributed by atoms with Crippen LogP contribution in [0.3, 0.4) is 0 Å². The van der Waals surface area contributed by atoms with E-state index in [2.05, 4.69) is 10.3 Å². The molecule has 5 nitrogen and oxygen atoms in total. The third-order valence-electron chi connectivity index (χ3n) is 2.86. The normalized spacial score (nSPS) is 10.2. The van der Waals surface area contributed by atoms with Gasteiger partial charge in [-0.2, -0.15) is 0 Å². The molecule has 0 atom stereocenters. The molecule has 0 saturated heterocycles. The number of carbonyl (C=O) groups is 2. The van der Waals surface area contributed by atoms with E-state index in [-0.39, 0.29) is 11.8 Å². The van der Waals surface area contributed by atoms with Crippen LogP contribution in [0.2, 0.25) is 0 Å². The van der Waals surface area contributed by atoms with E-state index in [4.69, 9.17) is 0 Å². The molecule has 2 amide bonds. The van der Waals surface area contributed by atoms with Gasteiger partial charge in [0, 0.05) is 30.6 Å². The summed E-state index contributed by atoms with van der Waals surface area (Å²) in [6.07, 6.45) is 0. The molecule has 0 aliphatic heterocycles. The Bertz CT molecular complexity index is 649. The van der Waals surface area contributed by atoms with Gasteiger partial charge in [0.1, 0.15) is 0 Å². The predicted octanol–water partition coefficient (Wildman–Crippen LogP) is 2.68. The van der Waals surface area contributed by atoms with Gasteiger partial charge >= 0.3 is 0 Å². The maximum atomic E-state index is 12.3. The molecular weight excluding hydrogens is 286 g/mol. The average molecular weight is 303 g/mol. The first-order valence-electron chi connectivity index (χ1n) is 6.50. The number of nitrogens with one attached hydrogen (secondary N) is 1. The number of amides is 2. The molecule has 0 spiro atoms.